The number of hydrogen-bond donors (Lipinski definition) is 2. The Morgan fingerprint density at radius 2 is 1.55 bits per heavy atom. The Bertz CT molecular complexity index is 920. The van der Waals surface area contributed by atoms with Crippen molar-refractivity contribution >= 4 is 21.7 Å². The first-order chi connectivity index (χ1) is 10.4. The minimum Gasteiger partial charge on any atom is -0.508 e. The molecule has 0 unspecified atom stereocenters. The van der Waals surface area contributed by atoms with Crippen molar-refractivity contribution in [2.24, 2.45) is 0 Å². The van der Waals surface area contributed by atoms with Crippen LogP contribution in [0.2, 0.25) is 0 Å². The van der Waals surface area contributed by atoms with Gasteiger partial charge in [0.15, 0.2) is 0 Å². The summed E-state index contributed by atoms with van der Waals surface area (Å²) in [6.45, 7) is 9.24. The third kappa shape index (κ3) is 2.21. The maximum Gasteiger partial charge on any atom is 0.344 e. The van der Waals surface area contributed by atoms with Crippen LogP contribution in [-0.2, 0) is 0 Å². The molecule has 22 heavy (non-hydrogen) atoms. The Kier molecular flexibility index (Phi) is 4.13. The van der Waals surface area contributed by atoms with Gasteiger partial charge in [-0.1, -0.05) is 13.8 Å². The highest BCUT2D eigenvalue weighted by Gasteiger charge is 2.16. The Morgan fingerprint density at radius 3 is 2.18 bits per heavy atom. The molecule has 116 valence electrons. The van der Waals surface area contributed by atoms with E-state index in [2.05, 4.69) is 0 Å². The third-order valence-corrected chi connectivity index (χ3v) is 3.80. The zero-order chi connectivity index (χ0) is 16.6. The second-order valence-corrected chi connectivity index (χ2v) is 5.06. The fraction of sp³-hybridized carbons (Fsp3) is 0.278. The zero-order valence-corrected chi connectivity index (χ0v) is 13.4. The van der Waals surface area contributed by atoms with E-state index in [0.29, 0.717) is 22.1 Å². The van der Waals surface area contributed by atoms with Crippen LogP contribution in [0.4, 0.5) is 0 Å². The number of hydrogen-bond acceptors (Lipinski definition) is 4. The molecule has 0 aliphatic heterocycles. The molecule has 0 saturated carbocycles. The summed E-state index contributed by atoms with van der Waals surface area (Å²) >= 11 is 0. The summed E-state index contributed by atoms with van der Waals surface area (Å²) in [4.78, 5) is 12.2. The van der Waals surface area contributed by atoms with Gasteiger partial charge < -0.3 is 14.6 Å². The van der Waals surface area contributed by atoms with Crippen LogP contribution in [0.25, 0.3) is 21.7 Å². The number of phenols is 2. The molecule has 4 heteroatoms. The molecule has 2 N–H and O–H groups in total. The van der Waals surface area contributed by atoms with E-state index < -0.39 is 5.63 Å². The summed E-state index contributed by atoms with van der Waals surface area (Å²) in [5, 5.41) is 21.5. The maximum atomic E-state index is 12.2. The van der Waals surface area contributed by atoms with Gasteiger partial charge in [-0.2, -0.15) is 0 Å². The van der Waals surface area contributed by atoms with Crippen molar-refractivity contribution in [2.75, 3.05) is 0 Å². The number of aryl methyl sites for hydroxylation is 3. The molecule has 0 saturated heterocycles. The van der Waals surface area contributed by atoms with Gasteiger partial charge >= 0.3 is 5.63 Å². The average Bonchev–Trinajstić information content (AvgIpc) is 2.50. The van der Waals surface area contributed by atoms with E-state index in [0.717, 1.165) is 16.3 Å². The van der Waals surface area contributed by atoms with E-state index in [1.807, 2.05) is 20.8 Å². The monoisotopic (exact) mass is 300 g/mol. The van der Waals surface area contributed by atoms with Crippen LogP contribution in [0.3, 0.4) is 0 Å². The molecule has 0 radical (unpaired) electrons. The molecule has 3 rings (SSSR count). The topological polar surface area (TPSA) is 70.7 Å². The predicted molar refractivity (Wildman–Crippen MR) is 88.9 cm³/mol. The van der Waals surface area contributed by atoms with E-state index in [1.165, 1.54) is 0 Å². The van der Waals surface area contributed by atoms with Gasteiger partial charge in [0.1, 0.15) is 17.1 Å². The van der Waals surface area contributed by atoms with Crippen molar-refractivity contribution in [1.82, 2.24) is 0 Å². The lowest BCUT2D eigenvalue weighted by Gasteiger charge is -2.11. The average molecular weight is 300 g/mol. The molecular weight excluding hydrogens is 280 g/mol. The van der Waals surface area contributed by atoms with Crippen LogP contribution >= 0.6 is 0 Å². The number of benzene rings is 2. The SMILES string of the molecule is CC.Cc1c(O)cc(C)c2c1oc(=O)c1c(C)c(O)ccc12. The predicted octanol–water partition coefficient (Wildman–Crippen LogP) is 4.31. The lowest BCUT2D eigenvalue weighted by atomic mass is 9.98. The molecule has 1 aromatic heterocycles. The van der Waals surface area contributed by atoms with Gasteiger partial charge in [-0.3, -0.25) is 0 Å². The van der Waals surface area contributed by atoms with Crippen LogP contribution in [0.1, 0.15) is 30.5 Å². The van der Waals surface area contributed by atoms with Crippen molar-refractivity contribution in [3.05, 3.63) is 45.3 Å². The molecule has 2 aromatic carbocycles. The van der Waals surface area contributed by atoms with Crippen molar-refractivity contribution in [2.45, 2.75) is 34.6 Å². The summed E-state index contributed by atoms with van der Waals surface area (Å²) in [5.74, 6) is 0.172. The van der Waals surface area contributed by atoms with Gasteiger partial charge in [0.05, 0.1) is 5.39 Å². The Morgan fingerprint density at radius 1 is 0.909 bits per heavy atom. The van der Waals surface area contributed by atoms with Crippen LogP contribution in [0, 0.1) is 20.8 Å². The number of fused-ring (bicyclic) bond motifs is 3. The second kappa shape index (κ2) is 5.72. The zero-order valence-electron chi connectivity index (χ0n) is 13.4. The van der Waals surface area contributed by atoms with Crippen molar-refractivity contribution in [3.63, 3.8) is 0 Å². The van der Waals surface area contributed by atoms with E-state index >= 15 is 0 Å². The highest BCUT2D eigenvalue weighted by atomic mass is 16.4. The summed E-state index contributed by atoms with van der Waals surface area (Å²) in [5.41, 5.74) is 1.75. The van der Waals surface area contributed by atoms with Crippen LogP contribution in [0.5, 0.6) is 11.5 Å². The fourth-order valence-corrected chi connectivity index (χ4v) is 2.65. The highest BCUT2D eigenvalue weighted by Crippen LogP contribution is 2.35. The third-order valence-electron chi connectivity index (χ3n) is 3.80. The summed E-state index contributed by atoms with van der Waals surface area (Å²) in [7, 11) is 0. The van der Waals surface area contributed by atoms with Crippen molar-refractivity contribution in [3.8, 4) is 11.5 Å². The van der Waals surface area contributed by atoms with Gasteiger partial charge in [0, 0.05) is 21.9 Å². The first kappa shape index (κ1) is 15.9. The summed E-state index contributed by atoms with van der Waals surface area (Å²) in [6.07, 6.45) is 0. The molecule has 0 aliphatic carbocycles. The molecule has 0 spiro atoms. The molecule has 3 aromatic rings. The summed E-state index contributed by atoms with van der Waals surface area (Å²) < 4.78 is 5.38. The van der Waals surface area contributed by atoms with Crippen molar-refractivity contribution < 1.29 is 14.6 Å². The first-order valence-corrected chi connectivity index (χ1v) is 7.30. The quantitative estimate of drug-likeness (QED) is 0.479. The molecule has 0 fully saturated rings. The van der Waals surface area contributed by atoms with E-state index in [4.69, 9.17) is 4.42 Å². The Hall–Kier alpha value is -2.49. The van der Waals surface area contributed by atoms with Crippen LogP contribution < -0.4 is 5.63 Å². The normalized spacial score (nSPS) is 10.6. The molecule has 1 heterocycles. The van der Waals surface area contributed by atoms with Gasteiger partial charge in [-0.25, -0.2) is 4.79 Å². The van der Waals surface area contributed by atoms with Gasteiger partial charge in [-0.15, -0.1) is 0 Å². The fourth-order valence-electron chi connectivity index (χ4n) is 2.65. The summed E-state index contributed by atoms with van der Waals surface area (Å²) in [6, 6.07) is 4.93. The lowest BCUT2D eigenvalue weighted by molar-refractivity contribution is 0.467. The lowest BCUT2D eigenvalue weighted by Crippen LogP contribution is -2.03. The Labute approximate surface area is 128 Å². The molecule has 0 amide bonds. The second-order valence-electron chi connectivity index (χ2n) is 5.06. The minimum absolute atomic E-state index is 0.0669. The maximum absolute atomic E-state index is 12.2. The highest BCUT2D eigenvalue weighted by molar-refractivity contribution is 6.08. The molecule has 4 nitrogen and oxygen atoms in total. The molecule has 0 aliphatic rings. The van der Waals surface area contributed by atoms with Crippen LogP contribution in [-0.4, -0.2) is 10.2 Å². The molecule has 0 atom stereocenters. The standard InChI is InChI=1S/C16H14O4.C2H6/c1-7-6-12(18)9(3)15-13(7)10-4-5-11(17)8(2)14(10)16(19)20-15;1-2/h4-6,17-18H,1-3H3;1-2H3. The van der Waals surface area contributed by atoms with Crippen LogP contribution in [0.15, 0.2) is 27.4 Å². The Balaban J connectivity index is 0.000000847. The van der Waals surface area contributed by atoms with Gasteiger partial charge in [-0.05, 0) is 44.5 Å². The van der Waals surface area contributed by atoms with Crippen molar-refractivity contribution in [1.29, 1.82) is 0 Å². The smallest absolute Gasteiger partial charge is 0.344 e. The minimum atomic E-state index is -0.506. The molecular formula is C18H20O4. The van der Waals surface area contributed by atoms with E-state index in [1.54, 1.807) is 32.0 Å². The number of aromatic hydroxyl groups is 2. The number of phenolic OH excluding ortho intramolecular Hbond substituents is 2. The molecule has 0 bridgehead atoms. The first-order valence-electron chi connectivity index (χ1n) is 7.30. The van der Waals surface area contributed by atoms with Gasteiger partial charge in [0.25, 0.3) is 0 Å². The largest absolute Gasteiger partial charge is 0.508 e. The number of rotatable bonds is 0. The van der Waals surface area contributed by atoms with E-state index in [-0.39, 0.29) is 11.5 Å². The van der Waals surface area contributed by atoms with Gasteiger partial charge in [0.2, 0.25) is 0 Å². The van der Waals surface area contributed by atoms with E-state index in [9.17, 15) is 15.0 Å².